The molecule has 1 aromatic carbocycles. The Morgan fingerprint density at radius 3 is 2.52 bits per heavy atom. The monoisotopic (exact) mass is 459 g/mol. The molecule has 1 amide bonds. The van der Waals surface area contributed by atoms with Gasteiger partial charge in [-0.15, -0.1) is 21.5 Å². The molecule has 0 unspecified atom stereocenters. The van der Waals surface area contributed by atoms with E-state index in [-0.39, 0.29) is 11.8 Å². The number of piperidine rings is 1. The predicted octanol–water partition coefficient (Wildman–Crippen LogP) is 3.63. The second-order valence-electron chi connectivity index (χ2n) is 8.07. The number of amides is 1. The van der Waals surface area contributed by atoms with Gasteiger partial charge < -0.3 is 10.2 Å². The fourth-order valence-electron chi connectivity index (χ4n) is 3.99. The molecule has 1 saturated heterocycles. The smallest absolute Gasteiger partial charge is 0.223 e. The van der Waals surface area contributed by atoms with Gasteiger partial charge >= 0.3 is 0 Å². The summed E-state index contributed by atoms with van der Waals surface area (Å²) in [5.41, 5.74) is 2.09. The molecule has 1 fully saturated rings. The average Bonchev–Trinajstić information content (AvgIpc) is 3.54. The lowest BCUT2D eigenvalue weighted by atomic mass is 9.96. The molecule has 33 heavy (non-hydrogen) atoms. The van der Waals surface area contributed by atoms with E-state index in [0.717, 1.165) is 52.9 Å². The highest BCUT2D eigenvalue weighted by molar-refractivity contribution is 7.15. The normalized spacial score (nSPS) is 14.4. The highest BCUT2D eigenvalue weighted by atomic mass is 32.1. The van der Waals surface area contributed by atoms with Crippen LogP contribution in [-0.2, 0) is 11.3 Å². The van der Waals surface area contributed by atoms with Gasteiger partial charge in [-0.1, -0.05) is 30.3 Å². The van der Waals surface area contributed by atoms with Crippen LogP contribution in [0.2, 0.25) is 0 Å². The van der Waals surface area contributed by atoms with Gasteiger partial charge in [-0.2, -0.15) is 5.10 Å². The molecule has 0 radical (unpaired) electrons. The molecule has 0 aliphatic carbocycles. The Kier molecular flexibility index (Phi) is 6.12. The van der Waals surface area contributed by atoms with Gasteiger partial charge in [-0.3, -0.25) is 4.79 Å². The van der Waals surface area contributed by atoms with Crippen LogP contribution in [-0.4, -0.2) is 44.0 Å². The van der Waals surface area contributed by atoms with Gasteiger partial charge in [0, 0.05) is 41.8 Å². The second-order valence-corrected chi connectivity index (χ2v) is 9.16. The summed E-state index contributed by atoms with van der Waals surface area (Å²) in [5, 5.41) is 16.9. The van der Waals surface area contributed by atoms with Gasteiger partial charge in [0.1, 0.15) is 5.01 Å². The zero-order chi connectivity index (χ0) is 22.6. The van der Waals surface area contributed by atoms with E-state index >= 15 is 0 Å². The van der Waals surface area contributed by atoms with Gasteiger partial charge in [0.05, 0.1) is 12.2 Å². The number of aromatic nitrogens is 5. The maximum Gasteiger partial charge on any atom is 0.223 e. The first-order valence-corrected chi connectivity index (χ1v) is 11.9. The zero-order valence-corrected chi connectivity index (χ0v) is 19.2. The first-order chi connectivity index (χ1) is 16.2. The SMILES string of the molecule is Cc1nc(-c2ccccc2)sc1CNC(=O)C1CCN(c2ccc(-n3cccn3)nn2)CC1. The van der Waals surface area contributed by atoms with Crippen molar-refractivity contribution in [2.24, 2.45) is 5.92 Å². The van der Waals surface area contributed by atoms with E-state index in [9.17, 15) is 4.79 Å². The molecule has 0 spiro atoms. The van der Waals surface area contributed by atoms with E-state index in [1.165, 1.54) is 0 Å². The molecule has 4 heterocycles. The first kappa shape index (κ1) is 21.3. The molecule has 9 heteroatoms. The fraction of sp³-hybridized carbons (Fsp3) is 0.292. The average molecular weight is 460 g/mol. The highest BCUT2D eigenvalue weighted by Crippen LogP contribution is 2.28. The summed E-state index contributed by atoms with van der Waals surface area (Å²) in [6.45, 7) is 4.09. The lowest BCUT2D eigenvalue weighted by molar-refractivity contribution is -0.125. The summed E-state index contributed by atoms with van der Waals surface area (Å²) in [6.07, 6.45) is 5.14. The minimum atomic E-state index is 0.0133. The number of hydrogen-bond acceptors (Lipinski definition) is 7. The molecule has 0 bridgehead atoms. The van der Waals surface area contributed by atoms with Crippen LogP contribution >= 0.6 is 11.3 Å². The third-order valence-corrected chi connectivity index (χ3v) is 7.11. The summed E-state index contributed by atoms with van der Waals surface area (Å²) in [5.74, 6) is 1.65. The Morgan fingerprint density at radius 1 is 1.06 bits per heavy atom. The van der Waals surface area contributed by atoms with Gasteiger partial charge in [0.25, 0.3) is 0 Å². The van der Waals surface area contributed by atoms with Crippen molar-refractivity contribution in [3.8, 4) is 16.4 Å². The number of benzene rings is 1. The molecule has 0 saturated carbocycles. The second kappa shape index (κ2) is 9.50. The molecule has 4 aromatic rings. The van der Waals surface area contributed by atoms with Crippen molar-refractivity contribution in [2.75, 3.05) is 18.0 Å². The standard InChI is InChI=1S/C24H25N7OS/c1-17-20(33-24(27-17)19-6-3-2-4-7-19)16-25-23(32)18-10-14-30(15-11-18)21-8-9-22(29-28-21)31-13-5-12-26-31/h2-9,12-13,18H,10-11,14-16H2,1H3,(H,25,32). The van der Waals surface area contributed by atoms with Gasteiger partial charge in [-0.05, 0) is 38.0 Å². The third kappa shape index (κ3) is 4.78. The third-order valence-electron chi connectivity index (χ3n) is 5.90. The number of aryl methyl sites for hydroxylation is 1. The number of nitrogens with one attached hydrogen (secondary N) is 1. The number of rotatable bonds is 6. The molecule has 1 aliphatic heterocycles. The fourth-order valence-corrected chi connectivity index (χ4v) is 5.00. The number of thiazole rings is 1. The van der Waals surface area contributed by atoms with Crippen molar-refractivity contribution >= 4 is 23.1 Å². The summed E-state index contributed by atoms with van der Waals surface area (Å²) in [6, 6.07) is 15.9. The largest absolute Gasteiger partial charge is 0.355 e. The van der Waals surface area contributed by atoms with Gasteiger partial charge in [0.15, 0.2) is 11.6 Å². The number of carbonyl (C=O) groups excluding carboxylic acids is 1. The lowest BCUT2D eigenvalue weighted by Crippen LogP contribution is -2.40. The molecule has 3 aromatic heterocycles. The summed E-state index contributed by atoms with van der Waals surface area (Å²) >= 11 is 1.64. The van der Waals surface area contributed by atoms with Gasteiger partial charge in [-0.25, -0.2) is 9.67 Å². The van der Waals surface area contributed by atoms with Gasteiger partial charge in [0.2, 0.25) is 5.91 Å². The Morgan fingerprint density at radius 2 is 1.82 bits per heavy atom. The van der Waals surface area contributed by atoms with E-state index in [0.29, 0.717) is 12.4 Å². The van der Waals surface area contributed by atoms with E-state index in [1.54, 1.807) is 22.2 Å². The predicted molar refractivity (Wildman–Crippen MR) is 128 cm³/mol. The minimum Gasteiger partial charge on any atom is -0.355 e. The maximum atomic E-state index is 12.8. The van der Waals surface area contributed by atoms with Crippen LogP contribution in [0.5, 0.6) is 0 Å². The van der Waals surface area contributed by atoms with E-state index in [2.05, 4.69) is 42.6 Å². The maximum absolute atomic E-state index is 12.8. The number of anilines is 1. The molecule has 5 rings (SSSR count). The molecule has 168 valence electrons. The van der Waals surface area contributed by atoms with Crippen LogP contribution in [0, 0.1) is 12.8 Å². The summed E-state index contributed by atoms with van der Waals surface area (Å²) < 4.78 is 1.68. The van der Waals surface area contributed by atoms with Crippen LogP contribution in [0.15, 0.2) is 60.9 Å². The number of hydrogen-bond donors (Lipinski definition) is 1. The molecule has 8 nitrogen and oxygen atoms in total. The molecule has 1 aliphatic rings. The van der Waals surface area contributed by atoms with E-state index in [1.807, 2.05) is 49.5 Å². The van der Waals surface area contributed by atoms with Crippen molar-refractivity contribution < 1.29 is 4.79 Å². The number of carbonyl (C=O) groups is 1. The molecular formula is C24H25N7OS. The van der Waals surface area contributed by atoms with E-state index < -0.39 is 0 Å². The van der Waals surface area contributed by atoms with Crippen molar-refractivity contribution in [1.29, 1.82) is 0 Å². The Balaban J connectivity index is 1.13. The van der Waals surface area contributed by atoms with Crippen LogP contribution in [0.25, 0.3) is 16.4 Å². The van der Waals surface area contributed by atoms with Crippen molar-refractivity contribution in [2.45, 2.75) is 26.3 Å². The Bertz CT molecular complexity index is 1200. The van der Waals surface area contributed by atoms with Crippen LogP contribution in [0.3, 0.4) is 0 Å². The molecule has 0 atom stereocenters. The molecule has 1 N–H and O–H groups in total. The van der Waals surface area contributed by atoms with Crippen molar-refractivity contribution in [3.05, 3.63) is 71.5 Å². The summed E-state index contributed by atoms with van der Waals surface area (Å²) in [7, 11) is 0. The number of nitrogens with zero attached hydrogens (tertiary/aromatic N) is 6. The van der Waals surface area contributed by atoms with E-state index in [4.69, 9.17) is 0 Å². The molecular weight excluding hydrogens is 434 g/mol. The Hall–Kier alpha value is -3.59. The van der Waals surface area contributed by atoms with Crippen LogP contribution in [0.4, 0.5) is 5.82 Å². The highest BCUT2D eigenvalue weighted by Gasteiger charge is 2.26. The van der Waals surface area contributed by atoms with Crippen molar-refractivity contribution in [3.63, 3.8) is 0 Å². The zero-order valence-electron chi connectivity index (χ0n) is 18.4. The summed E-state index contributed by atoms with van der Waals surface area (Å²) in [4.78, 5) is 20.8. The quantitative estimate of drug-likeness (QED) is 0.474. The van der Waals surface area contributed by atoms with Crippen molar-refractivity contribution in [1.82, 2.24) is 30.3 Å². The minimum absolute atomic E-state index is 0.0133. The Labute approximate surface area is 196 Å². The van der Waals surface area contributed by atoms with Crippen LogP contribution in [0.1, 0.15) is 23.4 Å². The van der Waals surface area contributed by atoms with Crippen LogP contribution < -0.4 is 10.2 Å². The lowest BCUT2D eigenvalue weighted by Gasteiger charge is -2.31. The topological polar surface area (TPSA) is 88.8 Å². The first-order valence-electron chi connectivity index (χ1n) is 11.1.